The number of halogens is 4. The van der Waals surface area contributed by atoms with E-state index in [0.29, 0.717) is 37.7 Å². The van der Waals surface area contributed by atoms with Gasteiger partial charge in [-0.25, -0.2) is 14.4 Å². The van der Waals surface area contributed by atoms with Gasteiger partial charge in [-0.05, 0) is 36.4 Å². The number of piperazine rings is 1. The van der Waals surface area contributed by atoms with Crippen molar-refractivity contribution >= 4 is 46.2 Å². The lowest BCUT2D eigenvalue weighted by Crippen LogP contribution is -2.47. The van der Waals surface area contributed by atoms with Crippen LogP contribution in [0, 0.1) is 5.82 Å². The van der Waals surface area contributed by atoms with E-state index >= 15 is 0 Å². The van der Waals surface area contributed by atoms with Gasteiger partial charge in [0.25, 0.3) is 5.91 Å². The molecule has 2 aromatic heterocycles. The lowest BCUT2D eigenvalue weighted by atomic mass is 10.2. The highest BCUT2D eigenvalue weighted by Crippen LogP contribution is 2.36. The number of nitrogens with zero attached hydrogens (tertiary/aromatic N) is 4. The van der Waals surface area contributed by atoms with Crippen molar-refractivity contribution in [2.45, 2.75) is 16.8 Å². The third kappa shape index (κ3) is 6.51. The van der Waals surface area contributed by atoms with Gasteiger partial charge in [0.1, 0.15) is 21.5 Å². The highest BCUT2D eigenvalue weighted by atomic mass is 32.2. The van der Waals surface area contributed by atoms with Crippen LogP contribution in [0.25, 0.3) is 0 Å². The van der Waals surface area contributed by atoms with Crippen molar-refractivity contribution in [2.24, 2.45) is 0 Å². The zero-order valence-electron chi connectivity index (χ0n) is 20.5. The molecule has 1 saturated heterocycles. The van der Waals surface area contributed by atoms with E-state index in [1.54, 1.807) is 30.3 Å². The molecule has 0 radical (unpaired) electrons. The van der Waals surface area contributed by atoms with E-state index in [0.717, 1.165) is 16.2 Å². The number of rotatable bonds is 7. The molecule has 1 fully saturated rings. The maximum absolute atomic E-state index is 14.1. The highest BCUT2D eigenvalue weighted by Gasteiger charge is 2.39. The number of thiazole rings is 1. The summed E-state index contributed by atoms with van der Waals surface area (Å²) in [6.07, 6.45) is -3.34. The maximum atomic E-state index is 14.1. The number of nitrogens with one attached hydrogen (secondary N) is 1. The number of anilines is 3. The number of pyridine rings is 1. The number of carbonyl (C=O) groups is 1. The Labute approximate surface area is 230 Å². The first-order chi connectivity index (χ1) is 18.8. The lowest BCUT2D eigenvalue weighted by Gasteiger charge is -2.36. The summed E-state index contributed by atoms with van der Waals surface area (Å²) in [6, 6.07) is 19.2. The van der Waals surface area contributed by atoms with Crippen molar-refractivity contribution in [3.63, 3.8) is 0 Å². The Hall–Kier alpha value is -3.64. The molecule has 12 heteroatoms. The lowest BCUT2D eigenvalue weighted by molar-refractivity contribution is -0.141. The Kier molecular flexibility index (Phi) is 8.03. The zero-order valence-corrected chi connectivity index (χ0v) is 22.1. The SMILES string of the molecule is O=C(Nc1ccc(N2CCN(c3ccccc3F)CC2)nc1)c1sc(CSc2ccccc2)nc1C(F)(F)F. The molecule has 2 aromatic carbocycles. The fourth-order valence-corrected chi connectivity index (χ4v) is 6.04. The van der Waals surface area contributed by atoms with Crippen molar-refractivity contribution in [3.05, 3.63) is 94.3 Å². The molecule has 1 amide bonds. The van der Waals surface area contributed by atoms with Gasteiger partial charge in [0.2, 0.25) is 0 Å². The first kappa shape index (κ1) is 26.9. The number of thioether (sulfide) groups is 1. The molecule has 1 N–H and O–H groups in total. The standard InChI is InChI=1S/C27H23F4N5OS2/c28-20-8-4-5-9-21(20)35-12-14-36(15-13-35)22-11-10-18(16-32-22)33-26(37)24-25(27(29,30)31)34-23(39-24)17-38-19-6-2-1-3-7-19/h1-11,16H,12-15,17H2,(H,33,37). The van der Waals surface area contributed by atoms with Crippen LogP contribution in [0.1, 0.15) is 20.4 Å². The monoisotopic (exact) mass is 573 g/mol. The number of aromatic nitrogens is 2. The van der Waals surface area contributed by atoms with E-state index in [1.165, 1.54) is 24.0 Å². The average Bonchev–Trinajstić information content (AvgIpc) is 3.39. The fourth-order valence-electron chi connectivity index (χ4n) is 4.15. The average molecular weight is 574 g/mol. The molecule has 0 bridgehead atoms. The molecule has 3 heterocycles. The number of amides is 1. The molecular weight excluding hydrogens is 550 g/mol. The molecular formula is C27H23F4N5OS2. The zero-order chi connectivity index (χ0) is 27.4. The van der Waals surface area contributed by atoms with Crippen LogP contribution in [-0.2, 0) is 11.9 Å². The van der Waals surface area contributed by atoms with Crippen molar-refractivity contribution < 1.29 is 22.4 Å². The van der Waals surface area contributed by atoms with E-state index in [-0.39, 0.29) is 22.3 Å². The Morgan fingerprint density at radius 1 is 0.949 bits per heavy atom. The van der Waals surface area contributed by atoms with Crippen molar-refractivity contribution in [3.8, 4) is 0 Å². The van der Waals surface area contributed by atoms with Crippen LogP contribution in [0.2, 0.25) is 0 Å². The number of hydrogen-bond donors (Lipinski definition) is 1. The predicted molar refractivity (Wildman–Crippen MR) is 146 cm³/mol. The Morgan fingerprint density at radius 2 is 1.64 bits per heavy atom. The van der Waals surface area contributed by atoms with Crippen LogP contribution in [-0.4, -0.2) is 42.1 Å². The first-order valence-corrected chi connectivity index (χ1v) is 13.8. The summed E-state index contributed by atoms with van der Waals surface area (Å²) in [5.41, 5.74) is -0.354. The third-order valence-electron chi connectivity index (χ3n) is 6.05. The minimum Gasteiger partial charge on any atom is -0.366 e. The largest absolute Gasteiger partial charge is 0.435 e. The summed E-state index contributed by atoms with van der Waals surface area (Å²) in [7, 11) is 0. The van der Waals surface area contributed by atoms with Gasteiger partial charge in [-0.3, -0.25) is 4.79 Å². The van der Waals surface area contributed by atoms with Crippen LogP contribution in [0.4, 0.5) is 34.8 Å². The first-order valence-electron chi connectivity index (χ1n) is 12.0. The summed E-state index contributed by atoms with van der Waals surface area (Å²) in [4.78, 5) is 25.4. The van der Waals surface area contributed by atoms with Crippen LogP contribution in [0.3, 0.4) is 0 Å². The van der Waals surface area contributed by atoms with Gasteiger partial charge in [-0.2, -0.15) is 13.2 Å². The minimum atomic E-state index is -4.76. The van der Waals surface area contributed by atoms with E-state index in [4.69, 9.17) is 0 Å². The minimum absolute atomic E-state index is 0.212. The van der Waals surface area contributed by atoms with E-state index in [9.17, 15) is 22.4 Å². The summed E-state index contributed by atoms with van der Waals surface area (Å²) >= 11 is 2.08. The molecule has 39 heavy (non-hydrogen) atoms. The molecule has 6 nitrogen and oxygen atoms in total. The molecule has 5 rings (SSSR count). The number of hydrogen-bond acceptors (Lipinski definition) is 7. The van der Waals surface area contributed by atoms with Gasteiger partial charge in [0.15, 0.2) is 5.69 Å². The van der Waals surface area contributed by atoms with Gasteiger partial charge in [0.05, 0.1) is 23.3 Å². The second kappa shape index (κ2) is 11.6. The molecule has 0 saturated carbocycles. The Balaban J connectivity index is 1.22. The maximum Gasteiger partial charge on any atom is 0.435 e. The summed E-state index contributed by atoms with van der Waals surface area (Å²) in [5, 5.41) is 2.73. The molecule has 0 atom stereocenters. The number of benzene rings is 2. The van der Waals surface area contributed by atoms with Crippen molar-refractivity contribution in [1.29, 1.82) is 0 Å². The Bertz CT molecular complexity index is 1420. The van der Waals surface area contributed by atoms with Crippen molar-refractivity contribution in [2.75, 3.05) is 41.3 Å². The van der Waals surface area contributed by atoms with Crippen LogP contribution in [0.15, 0.2) is 77.8 Å². The van der Waals surface area contributed by atoms with E-state index in [2.05, 4.69) is 15.3 Å². The molecule has 1 aliphatic rings. The number of alkyl halides is 3. The van der Waals surface area contributed by atoms with Crippen molar-refractivity contribution in [1.82, 2.24) is 9.97 Å². The van der Waals surface area contributed by atoms with Gasteiger partial charge in [0, 0.05) is 31.1 Å². The second-order valence-corrected chi connectivity index (χ2v) is 10.8. The predicted octanol–water partition coefficient (Wildman–Crippen LogP) is 6.57. The highest BCUT2D eigenvalue weighted by molar-refractivity contribution is 7.98. The molecule has 0 aliphatic carbocycles. The van der Waals surface area contributed by atoms with Crippen LogP contribution < -0.4 is 15.1 Å². The molecule has 1 aliphatic heterocycles. The second-order valence-electron chi connectivity index (χ2n) is 8.67. The quantitative estimate of drug-likeness (QED) is 0.199. The van der Waals surface area contributed by atoms with E-state index in [1.807, 2.05) is 40.1 Å². The summed E-state index contributed by atoms with van der Waals surface area (Å²) in [5.74, 6) is -0.272. The Morgan fingerprint density at radius 3 is 2.31 bits per heavy atom. The number of para-hydroxylation sites is 1. The van der Waals surface area contributed by atoms with Crippen LogP contribution >= 0.6 is 23.1 Å². The van der Waals surface area contributed by atoms with Gasteiger partial charge in [-0.1, -0.05) is 30.3 Å². The third-order valence-corrected chi connectivity index (χ3v) is 8.31. The summed E-state index contributed by atoms with van der Waals surface area (Å²) < 4.78 is 55.1. The molecule has 0 spiro atoms. The van der Waals surface area contributed by atoms with Gasteiger partial charge in [-0.15, -0.1) is 23.1 Å². The smallest absolute Gasteiger partial charge is 0.366 e. The van der Waals surface area contributed by atoms with E-state index < -0.39 is 22.7 Å². The number of carbonyl (C=O) groups excluding carboxylic acids is 1. The summed E-state index contributed by atoms with van der Waals surface area (Å²) in [6.45, 7) is 2.45. The molecule has 202 valence electrons. The fraction of sp³-hybridized carbons (Fsp3) is 0.222. The van der Waals surface area contributed by atoms with Gasteiger partial charge < -0.3 is 15.1 Å². The van der Waals surface area contributed by atoms with Gasteiger partial charge >= 0.3 is 6.18 Å². The molecule has 4 aromatic rings. The molecule has 0 unspecified atom stereocenters. The normalized spacial score (nSPS) is 13.9. The topological polar surface area (TPSA) is 61.4 Å². The van der Waals surface area contributed by atoms with Crippen LogP contribution in [0.5, 0.6) is 0 Å².